The third kappa shape index (κ3) is 4.18. The van der Waals surface area contributed by atoms with Gasteiger partial charge in [0.15, 0.2) is 0 Å². The van der Waals surface area contributed by atoms with Crippen LogP contribution in [0.2, 0.25) is 5.02 Å². The number of hydrogen-bond acceptors (Lipinski definition) is 4. The predicted molar refractivity (Wildman–Crippen MR) is 123 cm³/mol. The monoisotopic (exact) mass is 436 g/mol. The lowest BCUT2D eigenvalue weighted by Crippen LogP contribution is -2.34. The molecule has 0 radical (unpaired) electrons. The fraction of sp³-hybridized carbons (Fsp3) is 0.167. The summed E-state index contributed by atoms with van der Waals surface area (Å²) >= 11 is 7.40. The molecule has 152 valence electrons. The van der Waals surface area contributed by atoms with E-state index in [1.807, 2.05) is 66.0 Å². The molecule has 0 fully saturated rings. The minimum atomic E-state index is -0.295. The molecule has 0 bridgehead atoms. The van der Waals surface area contributed by atoms with E-state index in [-0.39, 0.29) is 11.8 Å². The van der Waals surface area contributed by atoms with Gasteiger partial charge in [-0.25, -0.2) is 0 Å². The minimum absolute atomic E-state index is 0.260. The normalized spacial score (nSPS) is 14.0. The number of aryl methyl sites for hydroxylation is 1. The van der Waals surface area contributed by atoms with Crippen molar-refractivity contribution in [3.8, 4) is 0 Å². The van der Waals surface area contributed by atoms with Crippen LogP contribution in [0.1, 0.15) is 22.9 Å². The lowest BCUT2D eigenvalue weighted by molar-refractivity contribution is -0.136. The molecule has 0 atom stereocenters. The van der Waals surface area contributed by atoms with Crippen molar-refractivity contribution in [3.05, 3.63) is 92.8 Å². The summed E-state index contributed by atoms with van der Waals surface area (Å²) < 4.78 is 0. The van der Waals surface area contributed by atoms with Gasteiger partial charge in [0.1, 0.15) is 5.70 Å². The second-order valence-electron chi connectivity index (χ2n) is 7.04. The van der Waals surface area contributed by atoms with Gasteiger partial charge in [0, 0.05) is 22.1 Å². The highest BCUT2D eigenvalue weighted by atomic mass is 35.5. The van der Waals surface area contributed by atoms with Gasteiger partial charge in [-0.05, 0) is 59.7 Å². The van der Waals surface area contributed by atoms with Gasteiger partial charge in [0.25, 0.3) is 11.8 Å². The number of hydrogen-bond donors (Lipinski definition) is 1. The van der Waals surface area contributed by atoms with E-state index in [0.717, 1.165) is 22.5 Å². The largest absolute Gasteiger partial charge is 0.350 e. The van der Waals surface area contributed by atoms with Gasteiger partial charge in [0.05, 0.1) is 5.57 Å². The Labute approximate surface area is 184 Å². The standard InChI is InChI=1S/C24H21ClN2O2S/c1-2-16-7-11-19(12-8-16)26-22-21(20-4-3-15-30-20)23(28)27(24(22)29)14-13-17-5-9-18(25)10-6-17/h3-12,15,26H,2,13-14H2,1H3. The maximum absolute atomic E-state index is 13.2. The Morgan fingerprint density at radius 1 is 0.933 bits per heavy atom. The van der Waals surface area contributed by atoms with Crippen molar-refractivity contribution in [1.29, 1.82) is 0 Å². The first-order chi connectivity index (χ1) is 14.6. The third-order valence-corrected chi connectivity index (χ3v) is 6.24. The SMILES string of the molecule is CCc1ccc(NC2=C(c3cccs3)C(=O)N(CCc3ccc(Cl)cc3)C2=O)cc1. The first-order valence-corrected chi connectivity index (χ1v) is 11.1. The number of rotatable bonds is 7. The molecule has 3 aromatic rings. The predicted octanol–water partition coefficient (Wildman–Crippen LogP) is 5.40. The van der Waals surface area contributed by atoms with Crippen molar-refractivity contribution in [2.75, 3.05) is 11.9 Å². The average molecular weight is 437 g/mol. The molecule has 0 spiro atoms. The van der Waals surface area contributed by atoms with Crippen molar-refractivity contribution in [2.45, 2.75) is 19.8 Å². The molecule has 2 amide bonds. The summed E-state index contributed by atoms with van der Waals surface area (Å²) in [6.07, 6.45) is 1.52. The van der Waals surface area contributed by atoms with E-state index in [4.69, 9.17) is 11.6 Å². The van der Waals surface area contributed by atoms with E-state index in [1.165, 1.54) is 21.8 Å². The van der Waals surface area contributed by atoms with Crippen molar-refractivity contribution in [1.82, 2.24) is 4.90 Å². The van der Waals surface area contributed by atoms with Crippen LogP contribution >= 0.6 is 22.9 Å². The number of nitrogens with one attached hydrogen (secondary N) is 1. The first kappa shape index (κ1) is 20.4. The lowest BCUT2D eigenvalue weighted by Gasteiger charge is -2.15. The van der Waals surface area contributed by atoms with Crippen LogP contribution < -0.4 is 5.32 Å². The number of halogens is 1. The lowest BCUT2D eigenvalue weighted by atomic mass is 10.1. The topological polar surface area (TPSA) is 49.4 Å². The highest BCUT2D eigenvalue weighted by molar-refractivity contribution is 7.11. The van der Waals surface area contributed by atoms with Crippen molar-refractivity contribution in [3.63, 3.8) is 0 Å². The van der Waals surface area contributed by atoms with Crippen LogP contribution in [0.5, 0.6) is 0 Å². The zero-order valence-corrected chi connectivity index (χ0v) is 18.1. The van der Waals surface area contributed by atoms with E-state index in [0.29, 0.717) is 29.3 Å². The summed E-state index contributed by atoms with van der Waals surface area (Å²) in [5.74, 6) is -0.555. The van der Waals surface area contributed by atoms with Gasteiger partial charge in [-0.1, -0.05) is 48.9 Å². The summed E-state index contributed by atoms with van der Waals surface area (Å²) in [5, 5.41) is 5.77. The van der Waals surface area contributed by atoms with E-state index >= 15 is 0 Å². The van der Waals surface area contributed by atoms with Gasteiger partial charge in [0.2, 0.25) is 0 Å². The van der Waals surface area contributed by atoms with Gasteiger partial charge in [-0.2, -0.15) is 0 Å². The number of carbonyl (C=O) groups is 2. The number of carbonyl (C=O) groups excluding carboxylic acids is 2. The molecule has 1 aliphatic heterocycles. The fourth-order valence-corrected chi connectivity index (χ4v) is 4.30. The molecule has 1 N–H and O–H groups in total. The Morgan fingerprint density at radius 2 is 1.63 bits per heavy atom. The molecule has 0 aliphatic carbocycles. The van der Waals surface area contributed by atoms with Gasteiger partial charge < -0.3 is 5.32 Å². The minimum Gasteiger partial charge on any atom is -0.350 e. The summed E-state index contributed by atoms with van der Waals surface area (Å²) in [5.41, 5.74) is 3.80. The molecule has 4 nitrogen and oxygen atoms in total. The van der Waals surface area contributed by atoms with Crippen LogP contribution in [0.25, 0.3) is 5.57 Å². The molecule has 6 heteroatoms. The summed E-state index contributed by atoms with van der Waals surface area (Å²) in [6, 6.07) is 19.1. The average Bonchev–Trinajstić information content (AvgIpc) is 3.36. The first-order valence-electron chi connectivity index (χ1n) is 9.81. The summed E-state index contributed by atoms with van der Waals surface area (Å²) in [6.45, 7) is 2.41. The molecular formula is C24H21ClN2O2S. The molecule has 1 aromatic heterocycles. The second-order valence-corrected chi connectivity index (χ2v) is 8.43. The molecule has 30 heavy (non-hydrogen) atoms. The smallest absolute Gasteiger partial charge is 0.278 e. The van der Waals surface area contributed by atoms with Crippen molar-refractivity contribution >= 4 is 46.0 Å². The number of anilines is 1. The molecular weight excluding hydrogens is 416 g/mol. The quantitative estimate of drug-likeness (QED) is 0.504. The number of benzene rings is 2. The third-order valence-electron chi connectivity index (χ3n) is 5.10. The second kappa shape index (κ2) is 8.86. The van der Waals surface area contributed by atoms with Crippen LogP contribution in [0.3, 0.4) is 0 Å². The van der Waals surface area contributed by atoms with Crippen LogP contribution in [-0.2, 0) is 22.4 Å². The maximum Gasteiger partial charge on any atom is 0.278 e. The fourth-order valence-electron chi connectivity index (χ4n) is 3.40. The van der Waals surface area contributed by atoms with Crippen LogP contribution in [0.15, 0.2) is 71.7 Å². The summed E-state index contributed by atoms with van der Waals surface area (Å²) in [4.78, 5) is 28.5. The molecule has 4 rings (SSSR count). The van der Waals surface area contributed by atoms with Gasteiger partial charge in [-0.3, -0.25) is 14.5 Å². The Hall–Kier alpha value is -2.89. The van der Waals surface area contributed by atoms with Crippen LogP contribution in [0, 0.1) is 0 Å². The van der Waals surface area contributed by atoms with E-state index in [2.05, 4.69) is 12.2 Å². The van der Waals surface area contributed by atoms with Crippen LogP contribution in [-0.4, -0.2) is 23.3 Å². The van der Waals surface area contributed by atoms with Crippen molar-refractivity contribution in [2.24, 2.45) is 0 Å². The number of amides is 2. The van der Waals surface area contributed by atoms with Crippen LogP contribution in [0.4, 0.5) is 5.69 Å². The van der Waals surface area contributed by atoms with Gasteiger partial charge in [-0.15, -0.1) is 11.3 Å². The number of nitrogens with zero attached hydrogens (tertiary/aromatic N) is 1. The zero-order chi connectivity index (χ0) is 21.1. The number of thiophene rings is 1. The molecule has 0 saturated carbocycles. The zero-order valence-electron chi connectivity index (χ0n) is 16.5. The molecule has 1 aliphatic rings. The van der Waals surface area contributed by atoms with Gasteiger partial charge >= 0.3 is 0 Å². The molecule has 2 heterocycles. The van der Waals surface area contributed by atoms with E-state index in [9.17, 15) is 9.59 Å². The Balaban J connectivity index is 1.59. The maximum atomic E-state index is 13.2. The Kier molecular flexibility index (Phi) is 6.02. The Bertz CT molecular complexity index is 1090. The highest BCUT2D eigenvalue weighted by Crippen LogP contribution is 2.33. The van der Waals surface area contributed by atoms with Crippen molar-refractivity contribution < 1.29 is 9.59 Å². The summed E-state index contributed by atoms with van der Waals surface area (Å²) in [7, 11) is 0. The highest BCUT2D eigenvalue weighted by Gasteiger charge is 2.39. The number of imide groups is 1. The van der Waals surface area contributed by atoms with E-state index in [1.54, 1.807) is 0 Å². The Morgan fingerprint density at radius 3 is 2.27 bits per heavy atom. The molecule has 0 saturated heterocycles. The molecule has 2 aromatic carbocycles. The van der Waals surface area contributed by atoms with E-state index < -0.39 is 0 Å². The molecule has 0 unspecified atom stereocenters.